The summed E-state index contributed by atoms with van der Waals surface area (Å²) in [5, 5.41) is 4.66. The molecule has 33 heavy (non-hydrogen) atoms. The fourth-order valence-electron chi connectivity index (χ4n) is 3.59. The monoisotopic (exact) mass is 497 g/mol. The van der Waals surface area contributed by atoms with Gasteiger partial charge in [0.1, 0.15) is 9.71 Å². The van der Waals surface area contributed by atoms with Gasteiger partial charge in [-0.15, -0.1) is 11.3 Å². The van der Waals surface area contributed by atoms with Crippen LogP contribution in [0.2, 0.25) is 10.0 Å². The molecule has 0 fully saturated rings. The summed E-state index contributed by atoms with van der Waals surface area (Å²) in [6, 6.07) is 16.3. The molecule has 2 heterocycles. The molecule has 0 atom stereocenters. The largest absolute Gasteiger partial charge is 0.337 e. The molecule has 2 aromatic heterocycles. The maximum absolute atomic E-state index is 13.5. The Labute approximate surface area is 206 Å². The lowest BCUT2D eigenvalue weighted by Crippen LogP contribution is -2.26. The molecule has 2 amide bonds. The average Bonchev–Trinajstić information content (AvgIpc) is 3.15. The first-order valence-corrected chi connectivity index (χ1v) is 11.8. The van der Waals surface area contributed by atoms with Crippen LogP contribution in [-0.2, 0) is 6.54 Å². The van der Waals surface area contributed by atoms with Gasteiger partial charge in [0, 0.05) is 29.6 Å². The van der Waals surface area contributed by atoms with E-state index in [1.54, 1.807) is 36.2 Å². The van der Waals surface area contributed by atoms with Crippen LogP contribution in [0.1, 0.15) is 36.9 Å². The van der Waals surface area contributed by atoms with Gasteiger partial charge in [0.05, 0.1) is 16.4 Å². The van der Waals surface area contributed by atoms with Crippen molar-refractivity contribution in [2.45, 2.75) is 20.4 Å². The van der Waals surface area contributed by atoms with Gasteiger partial charge >= 0.3 is 0 Å². The molecule has 4 rings (SSSR count). The third-order valence-corrected chi connectivity index (χ3v) is 7.21. The minimum atomic E-state index is -0.345. The van der Waals surface area contributed by atoms with Crippen molar-refractivity contribution in [1.29, 1.82) is 0 Å². The zero-order valence-corrected chi connectivity index (χ0v) is 20.6. The smallest absolute Gasteiger partial charge is 0.266 e. The Morgan fingerprint density at radius 1 is 1.03 bits per heavy atom. The van der Waals surface area contributed by atoms with E-state index in [-0.39, 0.29) is 11.8 Å². The van der Waals surface area contributed by atoms with Gasteiger partial charge in [0.25, 0.3) is 11.8 Å². The Kier molecular flexibility index (Phi) is 6.70. The maximum atomic E-state index is 13.5. The first-order valence-electron chi connectivity index (χ1n) is 10.2. The molecule has 0 unspecified atom stereocenters. The molecule has 0 saturated heterocycles. The molecule has 0 radical (unpaired) electrons. The summed E-state index contributed by atoms with van der Waals surface area (Å²) >= 11 is 13.7. The average molecular weight is 498 g/mol. The van der Waals surface area contributed by atoms with Crippen LogP contribution in [0.4, 0.5) is 5.69 Å². The van der Waals surface area contributed by atoms with Crippen LogP contribution in [0.25, 0.3) is 10.2 Å². The number of fused-ring (bicyclic) bond motifs is 1. The van der Waals surface area contributed by atoms with Crippen LogP contribution in [0, 0.1) is 13.8 Å². The van der Waals surface area contributed by atoms with E-state index in [2.05, 4.69) is 10.3 Å². The molecule has 0 aliphatic heterocycles. The minimum absolute atomic E-state index is 0.207. The van der Waals surface area contributed by atoms with Crippen LogP contribution < -0.4 is 5.32 Å². The van der Waals surface area contributed by atoms with Gasteiger partial charge in [0.2, 0.25) is 0 Å². The molecule has 5 nitrogen and oxygen atoms in total. The molecule has 1 N–H and O–H groups in total. The minimum Gasteiger partial charge on any atom is -0.337 e. The van der Waals surface area contributed by atoms with Gasteiger partial charge in [-0.2, -0.15) is 0 Å². The summed E-state index contributed by atoms with van der Waals surface area (Å²) in [5.41, 5.74) is 3.31. The molecule has 0 aliphatic carbocycles. The molecule has 168 valence electrons. The summed E-state index contributed by atoms with van der Waals surface area (Å²) in [4.78, 5) is 33.8. The van der Waals surface area contributed by atoms with Crippen LogP contribution in [0.15, 0.2) is 54.6 Å². The normalized spacial score (nSPS) is 10.9. The number of anilines is 1. The maximum Gasteiger partial charge on any atom is 0.266 e. The van der Waals surface area contributed by atoms with Gasteiger partial charge < -0.3 is 10.2 Å². The van der Waals surface area contributed by atoms with Gasteiger partial charge in [-0.25, -0.2) is 4.98 Å². The number of pyridine rings is 1. The molecular weight excluding hydrogens is 477 g/mol. The Bertz CT molecular complexity index is 1350. The lowest BCUT2D eigenvalue weighted by molar-refractivity contribution is 0.0791. The van der Waals surface area contributed by atoms with E-state index in [9.17, 15) is 9.59 Å². The second kappa shape index (κ2) is 9.51. The number of nitrogens with zero attached hydrogens (tertiary/aromatic N) is 2. The predicted octanol–water partition coefficient (Wildman–Crippen LogP) is 6.74. The fourth-order valence-corrected chi connectivity index (χ4v) is 5.08. The highest BCUT2D eigenvalue weighted by molar-refractivity contribution is 7.21. The second-order valence-electron chi connectivity index (χ2n) is 7.73. The van der Waals surface area contributed by atoms with E-state index < -0.39 is 0 Å². The van der Waals surface area contributed by atoms with Gasteiger partial charge in [0.15, 0.2) is 0 Å². The van der Waals surface area contributed by atoms with Gasteiger partial charge in [-0.3, -0.25) is 9.59 Å². The van der Waals surface area contributed by atoms with Crippen molar-refractivity contribution in [2.24, 2.45) is 0 Å². The van der Waals surface area contributed by atoms with E-state index in [0.29, 0.717) is 48.6 Å². The fraction of sp³-hybridized carbons (Fsp3) is 0.160. The van der Waals surface area contributed by atoms with E-state index >= 15 is 0 Å². The zero-order chi connectivity index (χ0) is 23.7. The molecular formula is C25H21Cl2N3O2S. The lowest BCUT2D eigenvalue weighted by Gasteiger charge is -2.18. The number of benzene rings is 2. The number of aromatic nitrogens is 1. The summed E-state index contributed by atoms with van der Waals surface area (Å²) in [7, 11) is 1.74. The number of hydrogen-bond acceptors (Lipinski definition) is 4. The third kappa shape index (κ3) is 4.74. The van der Waals surface area contributed by atoms with E-state index in [4.69, 9.17) is 23.2 Å². The molecule has 2 aromatic carbocycles. The van der Waals surface area contributed by atoms with Gasteiger partial charge in [-0.05, 0) is 49.2 Å². The zero-order valence-electron chi connectivity index (χ0n) is 18.3. The first-order chi connectivity index (χ1) is 15.8. The summed E-state index contributed by atoms with van der Waals surface area (Å²) in [5.74, 6) is -0.552. The van der Waals surface area contributed by atoms with Crippen molar-refractivity contribution in [3.63, 3.8) is 0 Å². The van der Waals surface area contributed by atoms with E-state index in [1.807, 2.05) is 44.2 Å². The number of halogens is 2. The van der Waals surface area contributed by atoms with Crippen molar-refractivity contribution in [3.8, 4) is 0 Å². The number of aryl methyl sites for hydroxylation is 2. The number of carbonyl (C=O) groups excluding carboxylic acids is 2. The van der Waals surface area contributed by atoms with E-state index in [0.717, 1.165) is 11.1 Å². The van der Waals surface area contributed by atoms with E-state index in [1.165, 1.54) is 11.3 Å². The van der Waals surface area contributed by atoms with Crippen molar-refractivity contribution in [2.75, 3.05) is 12.4 Å². The number of hydrogen-bond donors (Lipinski definition) is 1. The second-order valence-corrected chi connectivity index (χ2v) is 9.54. The number of rotatable bonds is 5. The molecule has 0 saturated carbocycles. The Hall–Kier alpha value is -2.93. The highest BCUT2D eigenvalue weighted by Crippen LogP contribution is 2.41. The van der Waals surface area contributed by atoms with Crippen molar-refractivity contribution in [1.82, 2.24) is 9.88 Å². The topological polar surface area (TPSA) is 62.3 Å². The van der Waals surface area contributed by atoms with Crippen molar-refractivity contribution < 1.29 is 9.59 Å². The summed E-state index contributed by atoms with van der Waals surface area (Å²) < 4.78 is 0. The molecule has 0 aliphatic rings. The lowest BCUT2D eigenvalue weighted by atomic mass is 10.1. The quantitative estimate of drug-likeness (QED) is 0.331. The molecule has 4 aromatic rings. The SMILES string of the molecule is Cc1nc2sc(C(=O)N(C)Cc3ccccc3)c(NC(=O)c3ccc(Cl)cc3)c2c(C)c1Cl. The van der Waals surface area contributed by atoms with Crippen LogP contribution in [0.5, 0.6) is 0 Å². The predicted molar refractivity (Wildman–Crippen MR) is 136 cm³/mol. The van der Waals surface area contributed by atoms with Crippen LogP contribution in [0.3, 0.4) is 0 Å². The van der Waals surface area contributed by atoms with Crippen LogP contribution in [-0.4, -0.2) is 28.7 Å². The van der Waals surface area contributed by atoms with Gasteiger partial charge in [-0.1, -0.05) is 53.5 Å². The standard InChI is InChI=1S/C25H21Cl2N3O2S/c1-14-19-21(29-23(31)17-9-11-18(26)12-10-17)22(33-24(19)28-15(2)20(14)27)25(32)30(3)13-16-7-5-4-6-8-16/h4-12H,13H2,1-3H3,(H,29,31). The molecule has 0 spiro atoms. The Balaban J connectivity index is 1.78. The number of thiophene rings is 1. The first kappa shape index (κ1) is 23.2. The number of amides is 2. The molecule has 0 bridgehead atoms. The highest BCUT2D eigenvalue weighted by Gasteiger charge is 2.26. The Morgan fingerprint density at radius 2 is 1.70 bits per heavy atom. The van der Waals surface area contributed by atoms with Crippen LogP contribution >= 0.6 is 34.5 Å². The summed E-state index contributed by atoms with van der Waals surface area (Å²) in [6.45, 7) is 4.13. The Morgan fingerprint density at radius 3 is 2.36 bits per heavy atom. The van der Waals surface area contributed by atoms with Crippen molar-refractivity contribution in [3.05, 3.63) is 91.9 Å². The third-order valence-electron chi connectivity index (χ3n) is 5.33. The number of carbonyl (C=O) groups is 2. The molecule has 8 heteroatoms. The van der Waals surface area contributed by atoms with Crippen molar-refractivity contribution >= 4 is 62.3 Å². The summed E-state index contributed by atoms with van der Waals surface area (Å²) in [6.07, 6.45) is 0. The highest BCUT2D eigenvalue weighted by atomic mass is 35.5. The number of nitrogens with one attached hydrogen (secondary N) is 1.